The Labute approximate surface area is 167 Å². The molecular formula is C21H19N3O5. The molecule has 0 saturated heterocycles. The summed E-state index contributed by atoms with van der Waals surface area (Å²) in [4.78, 5) is 36.0. The SMILES string of the molecule is COC(=O)c1ccccc1NC(=O)COC(=O)c1ccc(-n2nccc2C)cc1. The number of carbonyl (C=O) groups excluding carboxylic acids is 3. The highest BCUT2D eigenvalue weighted by Crippen LogP contribution is 2.16. The fraction of sp³-hybridized carbons (Fsp3) is 0.143. The number of benzene rings is 2. The van der Waals surface area contributed by atoms with Crippen molar-refractivity contribution in [1.29, 1.82) is 0 Å². The zero-order valence-electron chi connectivity index (χ0n) is 15.9. The van der Waals surface area contributed by atoms with E-state index in [1.807, 2.05) is 13.0 Å². The second kappa shape index (κ2) is 8.83. The molecule has 0 fully saturated rings. The fourth-order valence-corrected chi connectivity index (χ4v) is 2.66. The van der Waals surface area contributed by atoms with Crippen molar-refractivity contribution in [2.24, 2.45) is 0 Å². The van der Waals surface area contributed by atoms with Gasteiger partial charge >= 0.3 is 11.9 Å². The van der Waals surface area contributed by atoms with E-state index in [0.717, 1.165) is 11.4 Å². The van der Waals surface area contributed by atoms with E-state index in [1.165, 1.54) is 13.2 Å². The Morgan fingerprint density at radius 1 is 1.00 bits per heavy atom. The van der Waals surface area contributed by atoms with Crippen LogP contribution in [0.2, 0.25) is 0 Å². The molecule has 1 amide bonds. The number of nitrogens with one attached hydrogen (secondary N) is 1. The molecule has 0 radical (unpaired) electrons. The van der Waals surface area contributed by atoms with Gasteiger partial charge in [-0.2, -0.15) is 5.10 Å². The van der Waals surface area contributed by atoms with Crippen LogP contribution in [0.25, 0.3) is 5.69 Å². The summed E-state index contributed by atoms with van der Waals surface area (Å²) in [6, 6.07) is 14.9. The number of esters is 2. The van der Waals surface area contributed by atoms with E-state index in [2.05, 4.69) is 15.2 Å². The summed E-state index contributed by atoms with van der Waals surface area (Å²) in [5.74, 6) is -1.78. The number of hydrogen-bond acceptors (Lipinski definition) is 6. The van der Waals surface area contributed by atoms with Gasteiger partial charge in [-0.1, -0.05) is 12.1 Å². The van der Waals surface area contributed by atoms with Crippen LogP contribution in [0.1, 0.15) is 26.4 Å². The molecule has 2 aromatic carbocycles. The van der Waals surface area contributed by atoms with Gasteiger partial charge < -0.3 is 14.8 Å². The fourth-order valence-electron chi connectivity index (χ4n) is 2.66. The molecule has 148 valence electrons. The predicted octanol–water partition coefficient (Wildman–Crippen LogP) is 2.76. The second-order valence-electron chi connectivity index (χ2n) is 6.09. The summed E-state index contributed by atoms with van der Waals surface area (Å²) in [6.07, 6.45) is 1.69. The van der Waals surface area contributed by atoms with Crippen LogP contribution < -0.4 is 5.32 Å². The lowest BCUT2D eigenvalue weighted by atomic mass is 10.2. The van der Waals surface area contributed by atoms with Crippen LogP contribution in [0.4, 0.5) is 5.69 Å². The van der Waals surface area contributed by atoms with Crippen LogP contribution in [0.15, 0.2) is 60.8 Å². The molecule has 0 aliphatic carbocycles. The van der Waals surface area contributed by atoms with Crippen LogP contribution in [0, 0.1) is 6.92 Å². The van der Waals surface area contributed by atoms with E-state index in [9.17, 15) is 14.4 Å². The lowest BCUT2D eigenvalue weighted by Gasteiger charge is -2.10. The lowest BCUT2D eigenvalue weighted by molar-refractivity contribution is -0.119. The minimum absolute atomic E-state index is 0.208. The molecule has 3 aromatic rings. The summed E-state index contributed by atoms with van der Waals surface area (Å²) < 4.78 is 11.5. The number of ether oxygens (including phenoxy) is 2. The molecule has 0 spiro atoms. The molecule has 0 saturated carbocycles. The van der Waals surface area contributed by atoms with E-state index in [4.69, 9.17) is 4.74 Å². The van der Waals surface area contributed by atoms with E-state index >= 15 is 0 Å². The van der Waals surface area contributed by atoms with E-state index in [-0.39, 0.29) is 11.3 Å². The number of para-hydroxylation sites is 1. The first-order valence-corrected chi connectivity index (χ1v) is 8.75. The first-order valence-electron chi connectivity index (χ1n) is 8.75. The maximum atomic E-state index is 12.2. The van der Waals surface area contributed by atoms with Crippen LogP contribution >= 0.6 is 0 Å². The molecule has 1 N–H and O–H groups in total. The monoisotopic (exact) mass is 393 g/mol. The quantitative estimate of drug-likeness (QED) is 0.647. The number of nitrogens with zero attached hydrogens (tertiary/aromatic N) is 2. The van der Waals surface area contributed by atoms with Gasteiger partial charge in [-0.05, 0) is 49.4 Å². The summed E-state index contributed by atoms with van der Waals surface area (Å²) in [7, 11) is 1.25. The lowest BCUT2D eigenvalue weighted by Crippen LogP contribution is -2.22. The van der Waals surface area contributed by atoms with Crippen molar-refractivity contribution in [2.45, 2.75) is 6.92 Å². The van der Waals surface area contributed by atoms with Crippen LogP contribution in [-0.4, -0.2) is 41.3 Å². The Morgan fingerprint density at radius 3 is 2.38 bits per heavy atom. The normalized spacial score (nSPS) is 10.3. The Kier molecular flexibility index (Phi) is 6.03. The number of methoxy groups -OCH3 is 1. The van der Waals surface area contributed by atoms with Gasteiger partial charge in [0, 0.05) is 11.9 Å². The topological polar surface area (TPSA) is 99.5 Å². The second-order valence-corrected chi connectivity index (χ2v) is 6.09. The summed E-state index contributed by atoms with van der Waals surface area (Å²) >= 11 is 0. The number of hydrogen-bond donors (Lipinski definition) is 1. The molecule has 0 unspecified atom stereocenters. The van der Waals surface area contributed by atoms with Crippen molar-refractivity contribution in [3.8, 4) is 5.69 Å². The molecule has 8 heteroatoms. The third-order valence-electron chi connectivity index (χ3n) is 4.12. The van der Waals surface area contributed by atoms with Gasteiger partial charge in [0.2, 0.25) is 0 Å². The Bertz CT molecular complexity index is 1040. The predicted molar refractivity (Wildman–Crippen MR) is 105 cm³/mol. The van der Waals surface area contributed by atoms with E-state index in [1.54, 1.807) is 53.3 Å². The highest BCUT2D eigenvalue weighted by atomic mass is 16.5. The molecule has 0 bridgehead atoms. The standard InChI is InChI=1S/C21H19N3O5/c1-14-11-12-22-24(14)16-9-7-15(8-10-16)20(26)29-13-19(25)23-18-6-4-3-5-17(18)21(27)28-2/h3-12H,13H2,1-2H3,(H,23,25). The van der Waals surface area contributed by atoms with Gasteiger partial charge in [-0.3, -0.25) is 4.79 Å². The molecule has 1 heterocycles. The average molecular weight is 393 g/mol. The molecule has 0 aliphatic rings. The molecule has 0 aliphatic heterocycles. The molecule has 0 atom stereocenters. The van der Waals surface area contributed by atoms with Gasteiger partial charge in [0.1, 0.15) is 0 Å². The zero-order chi connectivity index (χ0) is 20.8. The Morgan fingerprint density at radius 2 is 1.72 bits per heavy atom. The number of rotatable bonds is 6. The molecule has 8 nitrogen and oxygen atoms in total. The van der Waals surface area contributed by atoms with Gasteiger partial charge in [0.05, 0.1) is 29.6 Å². The maximum absolute atomic E-state index is 12.2. The minimum atomic E-state index is -0.634. The maximum Gasteiger partial charge on any atom is 0.339 e. The Balaban J connectivity index is 1.59. The third-order valence-corrected chi connectivity index (χ3v) is 4.12. The molecule has 29 heavy (non-hydrogen) atoms. The van der Waals surface area contributed by atoms with Crippen LogP contribution in [-0.2, 0) is 14.3 Å². The average Bonchev–Trinajstić information content (AvgIpc) is 3.17. The van der Waals surface area contributed by atoms with E-state index in [0.29, 0.717) is 5.56 Å². The Hall–Kier alpha value is -3.94. The highest BCUT2D eigenvalue weighted by molar-refractivity contribution is 6.02. The van der Waals surface area contributed by atoms with Gasteiger partial charge in [-0.15, -0.1) is 0 Å². The van der Waals surface area contributed by atoms with Crippen molar-refractivity contribution in [3.63, 3.8) is 0 Å². The van der Waals surface area contributed by atoms with Crippen molar-refractivity contribution in [3.05, 3.63) is 77.6 Å². The summed E-state index contributed by atoms with van der Waals surface area (Å²) in [5.41, 5.74) is 2.56. The zero-order valence-corrected chi connectivity index (χ0v) is 15.9. The summed E-state index contributed by atoms with van der Waals surface area (Å²) in [5, 5.41) is 6.74. The van der Waals surface area contributed by atoms with E-state index < -0.39 is 24.5 Å². The van der Waals surface area contributed by atoms with Crippen molar-refractivity contribution in [2.75, 3.05) is 19.0 Å². The highest BCUT2D eigenvalue weighted by Gasteiger charge is 2.15. The molecular weight excluding hydrogens is 374 g/mol. The number of carbonyl (C=O) groups is 3. The van der Waals surface area contributed by atoms with Crippen molar-refractivity contribution in [1.82, 2.24) is 9.78 Å². The van der Waals surface area contributed by atoms with Gasteiger partial charge in [0.25, 0.3) is 5.91 Å². The summed E-state index contributed by atoms with van der Waals surface area (Å²) in [6.45, 7) is 1.43. The van der Waals surface area contributed by atoms with Gasteiger partial charge in [-0.25, -0.2) is 14.3 Å². The number of aromatic nitrogens is 2. The molecule has 1 aromatic heterocycles. The molecule has 3 rings (SSSR count). The van der Waals surface area contributed by atoms with Crippen molar-refractivity contribution >= 4 is 23.5 Å². The smallest absolute Gasteiger partial charge is 0.339 e. The first kappa shape index (κ1) is 19.8. The number of aryl methyl sites for hydroxylation is 1. The van der Waals surface area contributed by atoms with Crippen LogP contribution in [0.5, 0.6) is 0 Å². The minimum Gasteiger partial charge on any atom is -0.465 e. The van der Waals surface area contributed by atoms with Crippen LogP contribution in [0.3, 0.4) is 0 Å². The third kappa shape index (κ3) is 4.67. The first-order chi connectivity index (χ1) is 14.0. The largest absolute Gasteiger partial charge is 0.465 e. The number of amides is 1. The van der Waals surface area contributed by atoms with Crippen molar-refractivity contribution < 1.29 is 23.9 Å². The number of anilines is 1. The van der Waals surface area contributed by atoms with Gasteiger partial charge in [0.15, 0.2) is 6.61 Å².